The first kappa shape index (κ1) is 23.0. The van der Waals surface area contributed by atoms with Gasteiger partial charge in [0.25, 0.3) is 5.91 Å². The summed E-state index contributed by atoms with van der Waals surface area (Å²) in [5.74, 6) is -1.42. The second-order valence-corrected chi connectivity index (χ2v) is 6.92. The number of benzene rings is 2. The van der Waals surface area contributed by atoms with Crippen LogP contribution in [0.4, 0.5) is 36.2 Å². The molecule has 1 aromatic heterocycles. The second-order valence-electron chi connectivity index (χ2n) is 6.08. The molecule has 0 aliphatic heterocycles. The maximum Gasteiger partial charge on any atom is 0.416 e. The van der Waals surface area contributed by atoms with Crippen molar-refractivity contribution in [2.75, 3.05) is 10.7 Å². The van der Waals surface area contributed by atoms with Crippen LogP contribution in [0.3, 0.4) is 0 Å². The molecule has 3 aromatic rings. The van der Waals surface area contributed by atoms with Gasteiger partial charge in [-0.2, -0.15) is 13.2 Å². The predicted octanol–water partition coefficient (Wildman–Crippen LogP) is 5.21. The fraction of sp³-hybridized carbons (Fsp3) is 0.0556. The summed E-state index contributed by atoms with van der Waals surface area (Å²) in [6, 6.07) is 7.93. The van der Waals surface area contributed by atoms with E-state index in [4.69, 9.17) is 23.2 Å². The van der Waals surface area contributed by atoms with E-state index >= 15 is 0 Å². The molecule has 166 valence electrons. The number of hydrogen-bond donors (Lipinski definition) is 3. The summed E-state index contributed by atoms with van der Waals surface area (Å²) in [6.07, 6.45) is -3.56. The molecule has 0 fully saturated rings. The van der Waals surface area contributed by atoms with Crippen LogP contribution in [0.1, 0.15) is 15.9 Å². The van der Waals surface area contributed by atoms with E-state index in [2.05, 4.69) is 26.1 Å². The van der Waals surface area contributed by atoms with E-state index < -0.39 is 28.3 Å². The largest absolute Gasteiger partial charge is 0.416 e. The molecule has 0 saturated heterocycles. The number of nitrogens with one attached hydrogen (secondary N) is 3. The third kappa shape index (κ3) is 5.34. The Bertz CT molecular complexity index is 1180. The van der Waals surface area contributed by atoms with Gasteiger partial charge in [-0.05, 0) is 42.5 Å². The highest BCUT2D eigenvalue weighted by Crippen LogP contribution is 2.33. The Kier molecular flexibility index (Phi) is 6.65. The Morgan fingerprint density at radius 3 is 2.28 bits per heavy atom. The number of alkyl halides is 3. The van der Waals surface area contributed by atoms with E-state index in [1.165, 1.54) is 18.2 Å². The van der Waals surface area contributed by atoms with Gasteiger partial charge < -0.3 is 5.32 Å². The highest BCUT2D eigenvalue weighted by Gasteiger charge is 2.30. The maximum atomic E-state index is 12.7. The SMILES string of the molecule is O=C(NNc1ncnc(Nc2ccc(C(F)(F)F)cc2)c1[N+](=O)[O-])c1ccc(Cl)cc1Cl. The molecule has 0 radical (unpaired) electrons. The first-order chi connectivity index (χ1) is 15.1. The monoisotopic (exact) mass is 486 g/mol. The van der Waals surface area contributed by atoms with Crippen molar-refractivity contribution in [1.29, 1.82) is 0 Å². The van der Waals surface area contributed by atoms with Gasteiger partial charge in [0.2, 0.25) is 11.6 Å². The standard InChI is InChI=1S/C18H11Cl2F3N6O3/c19-10-3-6-12(13(20)7-10)17(30)28-27-16-14(29(31)32)15(24-8-25-16)26-11-4-1-9(2-5-11)18(21,22)23/h1-8H,(H,28,30)(H2,24,25,26,27). The Labute approximate surface area is 187 Å². The average molecular weight is 487 g/mol. The number of carbonyl (C=O) groups excluding carboxylic acids is 1. The molecule has 3 N–H and O–H groups in total. The van der Waals surface area contributed by atoms with Crippen LogP contribution >= 0.6 is 23.2 Å². The summed E-state index contributed by atoms with van der Waals surface area (Å²) in [6.45, 7) is 0. The van der Waals surface area contributed by atoms with Gasteiger partial charge in [0, 0.05) is 10.7 Å². The molecular formula is C18H11Cl2F3N6O3. The van der Waals surface area contributed by atoms with Crippen LogP contribution in [-0.4, -0.2) is 20.8 Å². The number of rotatable bonds is 6. The highest BCUT2D eigenvalue weighted by atomic mass is 35.5. The van der Waals surface area contributed by atoms with Gasteiger partial charge in [-0.15, -0.1) is 0 Å². The van der Waals surface area contributed by atoms with Crippen molar-refractivity contribution in [3.63, 3.8) is 0 Å². The molecule has 0 aliphatic carbocycles. The first-order valence-electron chi connectivity index (χ1n) is 8.51. The lowest BCUT2D eigenvalue weighted by atomic mass is 10.2. The van der Waals surface area contributed by atoms with Crippen molar-refractivity contribution in [3.8, 4) is 0 Å². The lowest BCUT2D eigenvalue weighted by molar-refractivity contribution is -0.383. The third-order valence-electron chi connectivity index (χ3n) is 3.95. The van der Waals surface area contributed by atoms with E-state index in [0.29, 0.717) is 5.02 Å². The van der Waals surface area contributed by atoms with Crippen LogP contribution in [0, 0.1) is 10.1 Å². The molecule has 9 nitrogen and oxygen atoms in total. The van der Waals surface area contributed by atoms with Crippen LogP contribution in [0.25, 0.3) is 0 Å². The van der Waals surface area contributed by atoms with Crippen LogP contribution in [0.2, 0.25) is 10.0 Å². The van der Waals surface area contributed by atoms with Crippen LogP contribution < -0.4 is 16.2 Å². The number of nitrogens with zero attached hydrogens (tertiary/aromatic N) is 3. The van der Waals surface area contributed by atoms with Crippen molar-refractivity contribution < 1.29 is 22.9 Å². The molecule has 3 rings (SSSR count). The highest BCUT2D eigenvalue weighted by molar-refractivity contribution is 6.36. The molecule has 0 spiro atoms. The molecule has 1 heterocycles. The summed E-state index contributed by atoms with van der Waals surface area (Å²) < 4.78 is 38.1. The number of amides is 1. The average Bonchev–Trinajstić information content (AvgIpc) is 2.71. The van der Waals surface area contributed by atoms with E-state index in [1.807, 2.05) is 0 Å². The van der Waals surface area contributed by atoms with Crippen LogP contribution in [0.15, 0.2) is 48.8 Å². The molecule has 2 aromatic carbocycles. The third-order valence-corrected chi connectivity index (χ3v) is 4.50. The summed E-state index contributed by atoms with van der Waals surface area (Å²) in [4.78, 5) is 30.5. The van der Waals surface area contributed by atoms with Gasteiger partial charge in [-0.1, -0.05) is 23.2 Å². The van der Waals surface area contributed by atoms with Gasteiger partial charge in [-0.3, -0.25) is 25.8 Å². The number of carbonyl (C=O) groups is 1. The number of anilines is 3. The van der Waals surface area contributed by atoms with Crippen molar-refractivity contribution in [2.45, 2.75) is 6.18 Å². The molecular weight excluding hydrogens is 476 g/mol. The quantitative estimate of drug-likeness (QED) is 0.322. The van der Waals surface area contributed by atoms with Crippen molar-refractivity contribution in [3.05, 3.63) is 80.1 Å². The van der Waals surface area contributed by atoms with Gasteiger partial charge in [0.1, 0.15) is 6.33 Å². The normalized spacial score (nSPS) is 11.0. The number of hydrazine groups is 1. The Hall–Kier alpha value is -3.64. The van der Waals surface area contributed by atoms with Gasteiger partial charge in [0.15, 0.2) is 0 Å². The van der Waals surface area contributed by atoms with Gasteiger partial charge in [-0.25, -0.2) is 9.97 Å². The molecule has 0 aliphatic rings. The van der Waals surface area contributed by atoms with Crippen molar-refractivity contribution in [1.82, 2.24) is 15.4 Å². The predicted molar refractivity (Wildman–Crippen MR) is 111 cm³/mol. The zero-order valence-corrected chi connectivity index (χ0v) is 17.1. The number of nitro groups is 1. The number of aromatic nitrogens is 2. The molecule has 0 bridgehead atoms. The van der Waals surface area contributed by atoms with E-state index in [-0.39, 0.29) is 27.9 Å². The summed E-state index contributed by atoms with van der Waals surface area (Å²) in [5.41, 5.74) is 3.16. The lowest BCUT2D eigenvalue weighted by Crippen LogP contribution is -2.30. The van der Waals surface area contributed by atoms with Gasteiger partial charge in [0.05, 0.1) is 21.1 Å². The first-order valence-corrected chi connectivity index (χ1v) is 9.27. The van der Waals surface area contributed by atoms with E-state index in [1.54, 1.807) is 0 Å². The zero-order chi connectivity index (χ0) is 23.5. The fourth-order valence-corrected chi connectivity index (χ4v) is 2.97. The minimum Gasteiger partial charge on any atom is -0.334 e. The zero-order valence-electron chi connectivity index (χ0n) is 15.6. The van der Waals surface area contributed by atoms with Crippen LogP contribution in [0.5, 0.6) is 0 Å². The van der Waals surface area contributed by atoms with E-state index in [0.717, 1.165) is 30.6 Å². The smallest absolute Gasteiger partial charge is 0.334 e. The van der Waals surface area contributed by atoms with Crippen molar-refractivity contribution >= 4 is 52.1 Å². The van der Waals surface area contributed by atoms with Crippen molar-refractivity contribution in [2.24, 2.45) is 0 Å². The fourth-order valence-electron chi connectivity index (χ4n) is 2.47. The molecule has 0 atom stereocenters. The van der Waals surface area contributed by atoms with E-state index in [9.17, 15) is 28.1 Å². The second kappa shape index (κ2) is 9.24. The summed E-state index contributed by atoms with van der Waals surface area (Å²) in [5, 5.41) is 14.5. The number of halogens is 5. The molecule has 32 heavy (non-hydrogen) atoms. The molecule has 0 saturated carbocycles. The van der Waals surface area contributed by atoms with Crippen LogP contribution in [-0.2, 0) is 6.18 Å². The minimum atomic E-state index is -4.53. The van der Waals surface area contributed by atoms with Gasteiger partial charge >= 0.3 is 11.9 Å². The lowest BCUT2D eigenvalue weighted by Gasteiger charge is -2.12. The Morgan fingerprint density at radius 1 is 1.03 bits per heavy atom. The molecule has 0 unspecified atom stereocenters. The molecule has 1 amide bonds. The Morgan fingerprint density at radius 2 is 1.69 bits per heavy atom. The minimum absolute atomic E-state index is 0.0448. The maximum absolute atomic E-state index is 12.7. The summed E-state index contributed by atoms with van der Waals surface area (Å²) in [7, 11) is 0. The Balaban J connectivity index is 1.81. The topological polar surface area (TPSA) is 122 Å². The summed E-state index contributed by atoms with van der Waals surface area (Å²) >= 11 is 11.7. The molecule has 14 heteroatoms. The number of hydrogen-bond acceptors (Lipinski definition) is 7.